The molecule has 1 aromatic carbocycles. The van der Waals surface area contributed by atoms with E-state index in [0.29, 0.717) is 17.5 Å². The second-order valence-corrected chi connectivity index (χ2v) is 12.0. The lowest BCUT2D eigenvalue weighted by Gasteiger charge is -2.53. The molecule has 0 spiro atoms. The van der Waals surface area contributed by atoms with Crippen molar-refractivity contribution in [1.82, 2.24) is 4.90 Å². The number of rotatable bonds is 7. The van der Waals surface area contributed by atoms with Crippen molar-refractivity contribution in [2.75, 3.05) is 20.6 Å². The Morgan fingerprint density at radius 3 is 2.34 bits per heavy atom. The highest BCUT2D eigenvalue weighted by Crippen LogP contribution is 2.57. The first-order chi connectivity index (χ1) is 18.9. The Hall–Kier alpha value is -3.81. The molecule has 222 valence electrons. The van der Waals surface area contributed by atoms with Gasteiger partial charge in [0.2, 0.25) is 12.3 Å². The third-order valence-electron chi connectivity index (χ3n) is 9.00. The monoisotopic (exact) mass is 573 g/mol. The van der Waals surface area contributed by atoms with Gasteiger partial charge in [-0.15, -0.1) is 0 Å². The molecule has 0 radical (unpaired) electrons. The lowest BCUT2D eigenvalue weighted by atomic mass is 9.54. The predicted octanol–water partition coefficient (Wildman–Crippen LogP) is 0.830. The summed E-state index contributed by atoms with van der Waals surface area (Å²) < 4.78 is 0. The fourth-order valence-corrected chi connectivity index (χ4v) is 6.95. The Kier molecular flexibility index (Phi) is 7.30. The van der Waals surface area contributed by atoms with Gasteiger partial charge >= 0.3 is 0 Å². The number of nitro groups is 1. The topological polar surface area (TPSA) is 225 Å². The number of amides is 1. The molecule has 3 aliphatic rings. The summed E-state index contributed by atoms with van der Waals surface area (Å²) in [4.78, 5) is 51.1. The molecule has 0 aromatic heterocycles. The number of primary amides is 1. The number of hydrogen-bond acceptors (Lipinski definition) is 11. The SMILES string of the molecule is C[C@@H]1c2ccc(C(C)(C)CCC[N+](=O)[O-])c(O)c2C(O)=C2C(=O)[C@]3(O)C(O)=C(C(N)=O)C(=O)[C@@H](N(C)C)[C@H]3[C@@H](O)[C@@H]21. The van der Waals surface area contributed by atoms with Crippen molar-refractivity contribution in [1.29, 1.82) is 0 Å². The average Bonchev–Trinajstić information content (AvgIpc) is 2.85. The summed E-state index contributed by atoms with van der Waals surface area (Å²) in [5.41, 5.74) is 0.741. The molecule has 0 bridgehead atoms. The zero-order chi connectivity index (χ0) is 30.9. The van der Waals surface area contributed by atoms with Crippen molar-refractivity contribution in [2.45, 2.75) is 62.7 Å². The minimum Gasteiger partial charge on any atom is -0.508 e. The van der Waals surface area contributed by atoms with Crippen molar-refractivity contribution in [3.8, 4) is 5.75 Å². The molecule has 1 amide bonds. The summed E-state index contributed by atoms with van der Waals surface area (Å²) >= 11 is 0. The van der Waals surface area contributed by atoms with E-state index in [-0.39, 0.29) is 24.3 Å². The zero-order valence-corrected chi connectivity index (χ0v) is 23.4. The number of aliphatic hydroxyl groups excluding tert-OH is 3. The molecular weight excluding hydrogens is 538 g/mol. The molecular formula is C28H35N3O10. The fraction of sp³-hybridized carbons (Fsp3) is 0.536. The molecule has 1 aromatic rings. The van der Waals surface area contributed by atoms with Crippen LogP contribution in [0.3, 0.4) is 0 Å². The molecule has 41 heavy (non-hydrogen) atoms. The van der Waals surface area contributed by atoms with Gasteiger partial charge in [-0.05, 0) is 37.4 Å². The number of Topliss-reactive ketones (excluding diaryl/α,β-unsaturated/α-hetero) is 2. The van der Waals surface area contributed by atoms with Crippen LogP contribution in [0.15, 0.2) is 29.0 Å². The third kappa shape index (κ3) is 4.21. The second kappa shape index (κ2) is 9.93. The maximum Gasteiger partial charge on any atom is 0.255 e. The quantitative estimate of drug-likeness (QED) is 0.152. The Balaban J connectivity index is 1.95. The maximum atomic E-state index is 14.1. The van der Waals surface area contributed by atoms with Crippen LogP contribution in [0, 0.1) is 22.0 Å². The van der Waals surface area contributed by atoms with Crippen molar-refractivity contribution >= 4 is 23.2 Å². The van der Waals surface area contributed by atoms with Gasteiger partial charge in [-0.3, -0.25) is 29.4 Å². The number of aliphatic hydroxyl groups is 4. The van der Waals surface area contributed by atoms with E-state index in [1.165, 1.54) is 19.0 Å². The number of hydrogen-bond donors (Lipinski definition) is 6. The summed E-state index contributed by atoms with van der Waals surface area (Å²) in [5, 5.41) is 68.1. The van der Waals surface area contributed by atoms with Gasteiger partial charge in [-0.25, -0.2) is 0 Å². The van der Waals surface area contributed by atoms with E-state index in [9.17, 15) is 50.0 Å². The Bertz CT molecular complexity index is 1430. The number of aromatic hydroxyl groups is 1. The zero-order valence-electron chi connectivity index (χ0n) is 23.4. The Morgan fingerprint density at radius 2 is 1.80 bits per heavy atom. The van der Waals surface area contributed by atoms with E-state index in [0.717, 1.165) is 0 Å². The average molecular weight is 574 g/mol. The van der Waals surface area contributed by atoms with E-state index in [1.807, 2.05) is 0 Å². The van der Waals surface area contributed by atoms with Crippen molar-refractivity contribution in [3.63, 3.8) is 0 Å². The number of benzene rings is 1. The molecule has 7 N–H and O–H groups in total. The molecule has 13 nitrogen and oxygen atoms in total. The summed E-state index contributed by atoms with van der Waals surface area (Å²) in [6.07, 6.45) is -1.13. The number of carbonyl (C=O) groups excluding carboxylic acids is 3. The number of nitrogens with zero attached hydrogens (tertiary/aromatic N) is 2. The van der Waals surface area contributed by atoms with Crippen LogP contribution >= 0.6 is 0 Å². The standard InChI is InChI=1S/C28H35N3O10/c1-11-12-7-8-13(27(2,3)9-6-10-31(40)41)20(32)15(12)21(33)16-14(11)22(34)18-19(30(4)5)23(35)17(26(29)38)25(37)28(18,39)24(16)36/h7-8,11,14,18-19,22,32-34,37,39H,6,9-10H2,1-5H3,(H2,29,38)/t11-,14-,18+,19+,22+,28+/m1/s1. The minimum absolute atomic E-state index is 0.110. The van der Waals surface area contributed by atoms with Crippen molar-refractivity contribution < 1.29 is 44.8 Å². The van der Waals surface area contributed by atoms with Gasteiger partial charge in [0.25, 0.3) is 5.91 Å². The molecule has 1 saturated carbocycles. The first kappa shape index (κ1) is 30.2. The highest BCUT2D eigenvalue weighted by atomic mass is 16.6. The molecule has 13 heteroatoms. The van der Waals surface area contributed by atoms with Crippen molar-refractivity contribution in [2.24, 2.45) is 17.6 Å². The molecule has 1 fully saturated rings. The number of phenolic OH excluding ortho intramolecular Hbond substituents is 1. The predicted molar refractivity (Wildman–Crippen MR) is 144 cm³/mol. The number of carbonyl (C=O) groups is 3. The van der Waals surface area contributed by atoms with Crippen LogP contribution in [-0.4, -0.2) is 91.2 Å². The van der Waals surface area contributed by atoms with Crippen LogP contribution in [0.4, 0.5) is 0 Å². The highest BCUT2D eigenvalue weighted by Gasteiger charge is 2.68. The van der Waals surface area contributed by atoms with E-state index in [1.54, 1.807) is 32.9 Å². The van der Waals surface area contributed by atoms with E-state index in [2.05, 4.69) is 0 Å². The lowest BCUT2D eigenvalue weighted by molar-refractivity contribution is -0.480. The van der Waals surface area contributed by atoms with Gasteiger partial charge in [0.15, 0.2) is 11.4 Å². The van der Waals surface area contributed by atoms with Gasteiger partial charge in [0.05, 0.1) is 23.6 Å². The first-order valence-corrected chi connectivity index (χ1v) is 13.2. The van der Waals surface area contributed by atoms with Crippen LogP contribution < -0.4 is 5.73 Å². The minimum atomic E-state index is -2.99. The first-order valence-electron chi connectivity index (χ1n) is 13.2. The van der Waals surface area contributed by atoms with Crippen molar-refractivity contribution in [3.05, 3.63) is 55.8 Å². The number of likely N-dealkylation sites (N-methyl/N-ethyl adjacent to an activating group) is 1. The normalized spacial score (nSPS) is 29.8. The molecule has 0 unspecified atom stereocenters. The Morgan fingerprint density at radius 1 is 1.20 bits per heavy atom. The van der Waals surface area contributed by atoms with Crippen LogP contribution in [0.5, 0.6) is 5.75 Å². The molecule has 3 aliphatic carbocycles. The lowest BCUT2D eigenvalue weighted by Crippen LogP contribution is -2.70. The summed E-state index contributed by atoms with van der Waals surface area (Å²) in [7, 11) is 2.88. The highest BCUT2D eigenvalue weighted by molar-refractivity contribution is 6.24. The van der Waals surface area contributed by atoms with Gasteiger partial charge < -0.3 is 31.3 Å². The molecule has 4 rings (SSSR count). The molecule has 0 saturated heterocycles. The maximum absolute atomic E-state index is 14.1. The number of ketones is 2. The summed E-state index contributed by atoms with van der Waals surface area (Å²) in [6.45, 7) is 4.92. The number of fused-ring (bicyclic) bond motifs is 3. The van der Waals surface area contributed by atoms with Crippen LogP contribution in [-0.2, 0) is 19.8 Å². The van der Waals surface area contributed by atoms with E-state index in [4.69, 9.17) is 5.73 Å². The third-order valence-corrected chi connectivity index (χ3v) is 9.00. The smallest absolute Gasteiger partial charge is 0.255 e. The fourth-order valence-electron chi connectivity index (χ4n) is 6.95. The largest absolute Gasteiger partial charge is 0.508 e. The molecule has 6 atom stereocenters. The van der Waals surface area contributed by atoms with Crippen LogP contribution in [0.2, 0.25) is 0 Å². The van der Waals surface area contributed by atoms with Gasteiger partial charge in [0, 0.05) is 28.4 Å². The summed E-state index contributed by atoms with van der Waals surface area (Å²) in [6, 6.07) is 1.83. The molecule has 0 aliphatic heterocycles. The number of nitrogens with two attached hydrogens (primary N) is 1. The van der Waals surface area contributed by atoms with Gasteiger partial charge in [-0.2, -0.15) is 0 Å². The molecule has 0 heterocycles. The van der Waals surface area contributed by atoms with E-state index < -0.39 is 86.0 Å². The van der Waals surface area contributed by atoms with Crippen LogP contribution in [0.1, 0.15) is 56.2 Å². The number of phenols is 1. The van der Waals surface area contributed by atoms with E-state index >= 15 is 0 Å². The van der Waals surface area contributed by atoms with Gasteiger partial charge in [-0.1, -0.05) is 32.9 Å². The second-order valence-electron chi connectivity index (χ2n) is 12.0. The Labute approximate surface area is 235 Å². The van der Waals surface area contributed by atoms with Gasteiger partial charge in [0.1, 0.15) is 22.8 Å². The summed E-state index contributed by atoms with van der Waals surface area (Å²) in [5.74, 6) is -9.49. The van der Waals surface area contributed by atoms with Crippen LogP contribution in [0.25, 0.3) is 5.76 Å².